The highest BCUT2D eigenvalue weighted by Gasteiger charge is 2.20. The van der Waals surface area contributed by atoms with E-state index in [4.69, 9.17) is 9.63 Å². The number of carboxylic acids is 1. The number of hydrogen-bond donors (Lipinski definition) is 1. The zero-order valence-corrected chi connectivity index (χ0v) is 12.3. The molecule has 0 aliphatic carbocycles. The quantitative estimate of drug-likeness (QED) is 0.882. The van der Waals surface area contributed by atoms with E-state index >= 15 is 0 Å². The van der Waals surface area contributed by atoms with E-state index in [9.17, 15) is 4.79 Å². The number of hydrogen-bond acceptors (Lipinski definition) is 7. The molecular formula is C13H16N4O3S. The largest absolute Gasteiger partial charge is 0.480 e. The molecule has 21 heavy (non-hydrogen) atoms. The maximum absolute atomic E-state index is 10.7. The molecule has 7 nitrogen and oxygen atoms in total. The molecule has 3 heterocycles. The van der Waals surface area contributed by atoms with Gasteiger partial charge in [-0.3, -0.25) is 14.6 Å². The van der Waals surface area contributed by atoms with Gasteiger partial charge in [-0.1, -0.05) is 11.2 Å². The summed E-state index contributed by atoms with van der Waals surface area (Å²) in [6.45, 7) is 3.88. The predicted molar refractivity (Wildman–Crippen MR) is 77.0 cm³/mol. The molecule has 0 bridgehead atoms. The van der Waals surface area contributed by atoms with Crippen LogP contribution in [0, 0.1) is 0 Å². The van der Waals surface area contributed by atoms with Crippen LogP contribution in [0.25, 0.3) is 10.8 Å². The van der Waals surface area contributed by atoms with E-state index in [-0.39, 0.29) is 6.54 Å². The average Bonchev–Trinajstić information content (AvgIpc) is 3.11. The van der Waals surface area contributed by atoms with Gasteiger partial charge in [0, 0.05) is 26.2 Å². The lowest BCUT2D eigenvalue weighted by Crippen LogP contribution is -2.47. The molecule has 1 saturated heterocycles. The van der Waals surface area contributed by atoms with Gasteiger partial charge in [0.15, 0.2) is 5.82 Å². The first kappa shape index (κ1) is 14.2. The van der Waals surface area contributed by atoms with Crippen LogP contribution in [0.1, 0.15) is 5.82 Å². The van der Waals surface area contributed by atoms with E-state index in [1.807, 2.05) is 22.4 Å². The Morgan fingerprint density at radius 1 is 1.33 bits per heavy atom. The fraction of sp³-hybridized carbons (Fsp3) is 0.462. The van der Waals surface area contributed by atoms with Gasteiger partial charge >= 0.3 is 5.97 Å². The fourth-order valence-electron chi connectivity index (χ4n) is 2.32. The average molecular weight is 308 g/mol. The Hall–Kier alpha value is -1.77. The molecule has 0 amide bonds. The molecule has 0 saturated carbocycles. The smallest absolute Gasteiger partial charge is 0.317 e. The van der Waals surface area contributed by atoms with E-state index < -0.39 is 5.97 Å². The van der Waals surface area contributed by atoms with Crippen molar-refractivity contribution in [3.63, 3.8) is 0 Å². The van der Waals surface area contributed by atoms with Gasteiger partial charge in [0.25, 0.3) is 5.89 Å². The van der Waals surface area contributed by atoms with Crippen molar-refractivity contribution in [2.45, 2.75) is 6.54 Å². The van der Waals surface area contributed by atoms with E-state index in [1.165, 1.54) is 0 Å². The summed E-state index contributed by atoms with van der Waals surface area (Å²) in [5.74, 6) is 0.455. The summed E-state index contributed by atoms with van der Waals surface area (Å²) < 4.78 is 5.26. The Morgan fingerprint density at radius 3 is 2.76 bits per heavy atom. The minimum Gasteiger partial charge on any atom is -0.480 e. The number of piperazine rings is 1. The van der Waals surface area contributed by atoms with Gasteiger partial charge in [0.1, 0.15) is 0 Å². The number of carbonyl (C=O) groups is 1. The van der Waals surface area contributed by atoms with Crippen LogP contribution in [0.15, 0.2) is 22.0 Å². The summed E-state index contributed by atoms with van der Waals surface area (Å²) in [5, 5.41) is 14.8. The van der Waals surface area contributed by atoms with E-state index in [2.05, 4.69) is 15.0 Å². The third-order valence-corrected chi connectivity index (χ3v) is 4.25. The molecule has 1 aliphatic heterocycles. The summed E-state index contributed by atoms with van der Waals surface area (Å²) >= 11 is 1.57. The summed E-state index contributed by atoms with van der Waals surface area (Å²) in [4.78, 5) is 20.2. The predicted octanol–water partition coefficient (Wildman–Crippen LogP) is 1.00. The van der Waals surface area contributed by atoms with Gasteiger partial charge in [0.2, 0.25) is 0 Å². The molecule has 0 unspecified atom stereocenters. The normalized spacial score (nSPS) is 17.1. The zero-order chi connectivity index (χ0) is 14.7. The highest BCUT2D eigenvalue weighted by molar-refractivity contribution is 7.13. The lowest BCUT2D eigenvalue weighted by molar-refractivity contribution is -0.138. The molecule has 112 valence electrons. The third kappa shape index (κ3) is 3.66. The molecular weight excluding hydrogens is 292 g/mol. The Labute approximate surface area is 125 Å². The standard InChI is InChI=1S/C13H16N4O3S/c18-12(19)9-17-5-3-16(4-6-17)8-11-14-13(20-15-11)10-2-1-7-21-10/h1-2,7H,3-6,8-9H2,(H,18,19). The molecule has 2 aromatic heterocycles. The first-order valence-electron chi connectivity index (χ1n) is 6.73. The monoisotopic (exact) mass is 308 g/mol. The number of thiophene rings is 1. The summed E-state index contributed by atoms with van der Waals surface area (Å²) in [6, 6.07) is 3.90. The van der Waals surface area contributed by atoms with E-state index in [1.54, 1.807) is 11.3 Å². The second kappa shape index (κ2) is 6.33. The van der Waals surface area contributed by atoms with Crippen LogP contribution in [0.5, 0.6) is 0 Å². The minimum absolute atomic E-state index is 0.110. The Bertz CT molecular complexity index is 590. The summed E-state index contributed by atoms with van der Waals surface area (Å²) in [7, 11) is 0. The van der Waals surface area contributed by atoms with Crippen molar-refractivity contribution in [3.8, 4) is 10.8 Å². The Kier molecular flexibility index (Phi) is 4.28. The zero-order valence-electron chi connectivity index (χ0n) is 11.4. The first-order valence-corrected chi connectivity index (χ1v) is 7.61. The molecule has 1 fully saturated rings. The van der Waals surface area contributed by atoms with Crippen LogP contribution in [-0.2, 0) is 11.3 Å². The number of nitrogens with zero attached hydrogens (tertiary/aromatic N) is 4. The molecule has 0 radical (unpaired) electrons. The highest BCUT2D eigenvalue weighted by atomic mass is 32.1. The first-order chi connectivity index (χ1) is 10.2. The SMILES string of the molecule is O=C(O)CN1CCN(Cc2noc(-c3cccs3)n2)CC1. The van der Waals surface area contributed by atoms with Crippen molar-refractivity contribution in [2.75, 3.05) is 32.7 Å². The maximum atomic E-state index is 10.7. The van der Waals surface area contributed by atoms with Gasteiger partial charge in [-0.05, 0) is 11.4 Å². The summed E-state index contributed by atoms with van der Waals surface area (Å²) in [6.07, 6.45) is 0. The number of rotatable bonds is 5. The highest BCUT2D eigenvalue weighted by Crippen LogP contribution is 2.22. The minimum atomic E-state index is -0.776. The molecule has 8 heteroatoms. The van der Waals surface area contributed by atoms with Crippen LogP contribution in [0.2, 0.25) is 0 Å². The van der Waals surface area contributed by atoms with Crippen LogP contribution < -0.4 is 0 Å². The van der Waals surface area contributed by atoms with Crippen molar-refractivity contribution in [1.82, 2.24) is 19.9 Å². The fourth-order valence-corrected chi connectivity index (χ4v) is 2.96. The van der Waals surface area contributed by atoms with Crippen molar-refractivity contribution in [3.05, 3.63) is 23.3 Å². The molecule has 2 aromatic rings. The van der Waals surface area contributed by atoms with Crippen molar-refractivity contribution < 1.29 is 14.4 Å². The van der Waals surface area contributed by atoms with Gasteiger partial charge in [-0.25, -0.2) is 0 Å². The third-order valence-electron chi connectivity index (χ3n) is 3.39. The van der Waals surface area contributed by atoms with E-state index in [0.717, 1.165) is 31.1 Å². The maximum Gasteiger partial charge on any atom is 0.317 e. The van der Waals surface area contributed by atoms with Gasteiger partial charge in [0.05, 0.1) is 18.0 Å². The van der Waals surface area contributed by atoms with Crippen LogP contribution in [0.3, 0.4) is 0 Å². The molecule has 0 aromatic carbocycles. The van der Waals surface area contributed by atoms with Gasteiger partial charge in [-0.15, -0.1) is 11.3 Å². The topological polar surface area (TPSA) is 82.7 Å². The molecule has 0 spiro atoms. The lowest BCUT2D eigenvalue weighted by atomic mass is 10.3. The molecule has 1 aliphatic rings. The van der Waals surface area contributed by atoms with Crippen LogP contribution >= 0.6 is 11.3 Å². The van der Waals surface area contributed by atoms with Crippen molar-refractivity contribution in [2.24, 2.45) is 0 Å². The van der Waals surface area contributed by atoms with Crippen molar-refractivity contribution >= 4 is 17.3 Å². The number of carboxylic acid groups (broad SMARTS) is 1. The van der Waals surface area contributed by atoms with Crippen molar-refractivity contribution in [1.29, 1.82) is 0 Å². The van der Waals surface area contributed by atoms with Gasteiger partial charge < -0.3 is 9.63 Å². The van der Waals surface area contributed by atoms with Crippen LogP contribution in [0.4, 0.5) is 0 Å². The summed E-state index contributed by atoms with van der Waals surface area (Å²) in [5.41, 5.74) is 0. The number of aliphatic carboxylic acids is 1. The second-order valence-electron chi connectivity index (χ2n) is 4.94. The van der Waals surface area contributed by atoms with Crippen LogP contribution in [-0.4, -0.2) is 63.7 Å². The van der Waals surface area contributed by atoms with E-state index in [0.29, 0.717) is 18.3 Å². The second-order valence-corrected chi connectivity index (χ2v) is 5.89. The molecule has 0 atom stereocenters. The van der Waals surface area contributed by atoms with Gasteiger partial charge in [-0.2, -0.15) is 4.98 Å². The number of aromatic nitrogens is 2. The molecule has 1 N–H and O–H groups in total. The lowest BCUT2D eigenvalue weighted by Gasteiger charge is -2.32. The Balaban J connectivity index is 1.53. The Morgan fingerprint density at radius 2 is 2.10 bits per heavy atom. The molecule has 3 rings (SSSR count).